The molecular weight excluding hydrogens is 314 g/mol. The van der Waals surface area contributed by atoms with E-state index in [0.717, 1.165) is 11.3 Å². The molecule has 0 bridgehead atoms. The van der Waals surface area contributed by atoms with E-state index in [1.54, 1.807) is 22.9 Å². The minimum absolute atomic E-state index is 0.106. The molecule has 0 spiro atoms. The van der Waals surface area contributed by atoms with Crippen molar-refractivity contribution in [1.29, 1.82) is 0 Å². The minimum atomic E-state index is -0.375. The van der Waals surface area contributed by atoms with Crippen LogP contribution in [-0.4, -0.2) is 25.1 Å². The molecule has 0 saturated heterocycles. The molecule has 0 radical (unpaired) electrons. The Balaban J connectivity index is 1.85. The third kappa shape index (κ3) is 3.21. The molecule has 2 aromatic carbocycles. The maximum atomic E-state index is 11.1. The first-order valence-electron chi connectivity index (χ1n) is 6.86. The summed E-state index contributed by atoms with van der Waals surface area (Å²) in [6.45, 7) is 1.98. The van der Waals surface area contributed by atoms with Crippen LogP contribution in [-0.2, 0) is 5.75 Å². The standard InChI is InChI=1S/C15H13N5O2S/c1-11-6-2-4-8-13(11)19-15(16-17-18-19)23-10-12-7-3-5-9-14(12)20(21)22/h2-9H,10H2,1H3. The molecule has 0 aliphatic rings. The molecule has 0 N–H and O–H groups in total. The smallest absolute Gasteiger partial charge is 0.258 e. The van der Waals surface area contributed by atoms with Gasteiger partial charge >= 0.3 is 0 Å². The minimum Gasteiger partial charge on any atom is -0.258 e. The predicted molar refractivity (Wildman–Crippen MR) is 86.5 cm³/mol. The van der Waals surface area contributed by atoms with Gasteiger partial charge in [-0.05, 0) is 29.0 Å². The third-order valence-electron chi connectivity index (χ3n) is 3.33. The lowest BCUT2D eigenvalue weighted by Gasteiger charge is -2.07. The Morgan fingerprint density at radius 1 is 1.17 bits per heavy atom. The van der Waals surface area contributed by atoms with Crippen LogP contribution in [0.3, 0.4) is 0 Å². The van der Waals surface area contributed by atoms with Crippen molar-refractivity contribution in [3.63, 3.8) is 0 Å². The molecule has 1 heterocycles. The van der Waals surface area contributed by atoms with Crippen molar-refractivity contribution in [2.45, 2.75) is 17.8 Å². The van der Waals surface area contributed by atoms with Gasteiger partial charge in [0, 0.05) is 17.4 Å². The lowest BCUT2D eigenvalue weighted by Crippen LogP contribution is -2.01. The zero-order valence-corrected chi connectivity index (χ0v) is 13.1. The normalized spacial score (nSPS) is 10.7. The summed E-state index contributed by atoms with van der Waals surface area (Å²) in [5.41, 5.74) is 2.69. The summed E-state index contributed by atoms with van der Waals surface area (Å²) >= 11 is 1.36. The number of nitrogens with zero attached hydrogens (tertiary/aromatic N) is 5. The van der Waals surface area contributed by atoms with Crippen LogP contribution in [0.15, 0.2) is 53.7 Å². The van der Waals surface area contributed by atoms with E-state index in [0.29, 0.717) is 16.5 Å². The highest BCUT2D eigenvalue weighted by molar-refractivity contribution is 7.98. The molecule has 8 heteroatoms. The summed E-state index contributed by atoms with van der Waals surface area (Å²) in [7, 11) is 0. The van der Waals surface area contributed by atoms with E-state index in [1.165, 1.54) is 17.8 Å². The number of hydrogen-bond donors (Lipinski definition) is 0. The largest absolute Gasteiger partial charge is 0.273 e. The average Bonchev–Trinajstić information content (AvgIpc) is 3.02. The van der Waals surface area contributed by atoms with E-state index in [4.69, 9.17) is 0 Å². The van der Waals surface area contributed by atoms with Gasteiger partial charge in [-0.2, -0.15) is 4.68 Å². The van der Waals surface area contributed by atoms with Crippen molar-refractivity contribution in [3.05, 3.63) is 69.8 Å². The fourth-order valence-corrected chi connectivity index (χ4v) is 3.05. The maximum absolute atomic E-state index is 11.1. The van der Waals surface area contributed by atoms with Crippen molar-refractivity contribution in [3.8, 4) is 5.69 Å². The van der Waals surface area contributed by atoms with E-state index in [2.05, 4.69) is 15.5 Å². The number of aromatic nitrogens is 4. The third-order valence-corrected chi connectivity index (χ3v) is 4.30. The molecule has 116 valence electrons. The van der Waals surface area contributed by atoms with Gasteiger partial charge in [-0.3, -0.25) is 10.1 Å². The van der Waals surface area contributed by atoms with Crippen LogP contribution < -0.4 is 0 Å². The summed E-state index contributed by atoms with van der Waals surface area (Å²) < 4.78 is 1.65. The van der Waals surface area contributed by atoms with Gasteiger partial charge in [0.05, 0.1) is 10.6 Å². The van der Waals surface area contributed by atoms with Crippen molar-refractivity contribution in [2.24, 2.45) is 0 Å². The van der Waals surface area contributed by atoms with Crippen molar-refractivity contribution < 1.29 is 4.92 Å². The molecule has 0 aliphatic carbocycles. The van der Waals surface area contributed by atoms with Gasteiger partial charge in [-0.15, -0.1) is 5.10 Å². The fraction of sp³-hybridized carbons (Fsp3) is 0.133. The van der Waals surface area contributed by atoms with E-state index in [1.807, 2.05) is 31.2 Å². The van der Waals surface area contributed by atoms with E-state index < -0.39 is 0 Å². The predicted octanol–water partition coefficient (Wildman–Crippen LogP) is 3.17. The fourth-order valence-electron chi connectivity index (χ4n) is 2.17. The number of tetrazole rings is 1. The van der Waals surface area contributed by atoms with E-state index in [9.17, 15) is 10.1 Å². The van der Waals surface area contributed by atoms with Gasteiger partial charge in [0.2, 0.25) is 5.16 Å². The average molecular weight is 327 g/mol. The molecule has 0 fully saturated rings. The monoisotopic (exact) mass is 327 g/mol. The van der Waals surface area contributed by atoms with Crippen molar-refractivity contribution in [2.75, 3.05) is 0 Å². The second-order valence-electron chi connectivity index (χ2n) is 4.83. The number of benzene rings is 2. The molecule has 7 nitrogen and oxygen atoms in total. The summed E-state index contributed by atoms with van der Waals surface area (Å²) in [6.07, 6.45) is 0. The first-order chi connectivity index (χ1) is 11.2. The summed E-state index contributed by atoms with van der Waals surface area (Å²) in [4.78, 5) is 10.7. The van der Waals surface area contributed by atoms with Gasteiger partial charge < -0.3 is 0 Å². The number of hydrogen-bond acceptors (Lipinski definition) is 6. The van der Waals surface area contributed by atoms with Crippen LogP contribution in [0.5, 0.6) is 0 Å². The Hall–Kier alpha value is -2.74. The second-order valence-corrected chi connectivity index (χ2v) is 5.78. The Morgan fingerprint density at radius 2 is 1.91 bits per heavy atom. The van der Waals surface area contributed by atoms with Gasteiger partial charge in [0.25, 0.3) is 5.69 Å². The van der Waals surface area contributed by atoms with Gasteiger partial charge in [0.1, 0.15) is 0 Å². The van der Waals surface area contributed by atoms with Crippen LogP contribution in [0.1, 0.15) is 11.1 Å². The number of thioether (sulfide) groups is 1. The quantitative estimate of drug-likeness (QED) is 0.406. The molecule has 0 amide bonds. The van der Waals surface area contributed by atoms with Gasteiger partial charge in [-0.1, -0.05) is 48.2 Å². The Kier molecular flexibility index (Phi) is 4.33. The molecular formula is C15H13N5O2S. The zero-order valence-electron chi connectivity index (χ0n) is 12.3. The number of nitro groups is 1. The Morgan fingerprint density at radius 3 is 2.70 bits per heavy atom. The summed E-state index contributed by atoms with van der Waals surface area (Å²) in [5, 5.41) is 23.4. The number of aryl methyl sites for hydroxylation is 1. The molecule has 0 unspecified atom stereocenters. The molecule has 0 saturated carbocycles. The Labute approximate surface area is 136 Å². The second kappa shape index (κ2) is 6.57. The number of nitro benzene ring substituents is 1. The van der Waals surface area contributed by atoms with E-state index >= 15 is 0 Å². The highest BCUT2D eigenvalue weighted by Crippen LogP contribution is 2.27. The van der Waals surface area contributed by atoms with Crippen LogP contribution in [0.25, 0.3) is 5.69 Å². The van der Waals surface area contributed by atoms with Gasteiger partial charge in [0.15, 0.2) is 0 Å². The highest BCUT2D eigenvalue weighted by Gasteiger charge is 2.15. The zero-order chi connectivity index (χ0) is 16.2. The van der Waals surface area contributed by atoms with Crippen molar-refractivity contribution in [1.82, 2.24) is 20.2 Å². The number of rotatable bonds is 5. The lowest BCUT2D eigenvalue weighted by molar-refractivity contribution is -0.385. The lowest BCUT2D eigenvalue weighted by atomic mass is 10.2. The maximum Gasteiger partial charge on any atom is 0.273 e. The number of para-hydroxylation sites is 2. The molecule has 3 aromatic rings. The van der Waals surface area contributed by atoms with Gasteiger partial charge in [-0.25, -0.2) is 0 Å². The van der Waals surface area contributed by atoms with Crippen molar-refractivity contribution >= 4 is 17.4 Å². The summed E-state index contributed by atoms with van der Waals surface area (Å²) in [5.74, 6) is 0.420. The topological polar surface area (TPSA) is 86.7 Å². The SMILES string of the molecule is Cc1ccccc1-n1nnnc1SCc1ccccc1[N+](=O)[O-]. The molecule has 0 atom stereocenters. The highest BCUT2D eigenvalue weighted by atomic mass is 32.2. The molecule has 1 aromatic heterocycles. The van der Waals surface area contributed by atoms with Crippen LogP contribution in [0, 0.1) is 17.0 Å². The van der Waals surface area contributed by atoms with Crippen LogP contribution >= 0.6 is 11.8 Å². The Bertz CT molecular complexity index is 849. The molecule has 0 aliphatic heterocycles. The van der Waals surface area contributed by atoms with Crippen LogP contribution in [0.4, 0.5) is 5.69 Å². The first kappa shape index (κ1) is 15.2. The van der Waals surface area contributed by atoms with Crippen LogP contribution in [0.2, 0.25) is 0 Å². The summed E-state index contributed by atoms with van der Waals surface area (Å²) in [6, 6.07) is 14.5. The molecule has 3 rings (SSSR count). The first-order valence-corrected chi connectivity index (χ1v) is 7.85. The van der Waals surface area contributed by atoms with E-state index in [-0.39, 0.29) is 10.6 Å². The molecule has 23 heavy (non-hydrogen) atoms.